The van der Waals surface area contributed by atoms with Gasteiger partial charge in [-0.05, 0) is 63.0 Å². The van der Waals surface area contributed by atoms with Crippen molar-refractivity contribution in [1.29, 1.82) is 0 Å². The van der Waals surface area contributed by atoms with Gasteiger partial charge in [0.05, 0.1) is 0 Å². The molecule has 2 saturated carbocycles. The van der Waals surface area contributed by atoms with E-state index in [4.69, 9.17) is 0 Å². The minimum atomic E-state index is 0.444. The van der Waals surface area contributed by atoms with Crippen molar-refractivity contribution in [2.45, 2.75) is 76.3 Å². The Hall–Kier alpha value is 0.270. The monoisotopic (exact) mass is 310 g/mol. The Labute approximate surface area is 135 Å². The van der Waals surface area contributed by atoms with Gasteiger partial charge in [-0.25, -0.2) is 0 Å². The standard InChI is InChI=1S/C18H34N2S/c1-3-21-13-7-12-20-15-18(10-5-4-6-11-18)19-14-17(20,2)16-8-9-16/h16,19H,3-15H2,1-2H3. The molecule has 1 saturated heterocycles. The van der Waals surface area contributed by atoms with E-state index in [0.717, 1.165) is 5.92 Å². The molecule has 1 atom stereocenters. The normalized spacial score (nSPS) is 33.4. The molecule has 1 N–H and O–H groups in total. The fourth-order valence-corrected chi connectivity index (χ4v) is 5.21. The molecule has 1 spiro atoms. The minimum absolute atomic E-state index is 0.444. The Bertz CT molecular complexity index is 336. The van der Waals surface area contributed by atoms with E-state index >= 15 is 0 Å². The van der Waals surface area contributed by atoms with Crippen LogP contribution in [0.3, 0.4) is 0 Å². The summed E-state index contributed by atoms with van der Waals surface area (Å²) in [4.78, 5) is 2.91. The molecule has 3 aliphatic rings. The van der Waals surface area contributed by atoms with Gasteiger partial charge in [0.15, 0.2) is 0 Å². The molecule has 0 radical (unpaired) electrons. The lowest BCUT2D eigenvalue weighted by molar-refractivity contribution is -0.0114. The van der Waals surface area contributed by atoms with E-state index in [0.29, 0.717) is 11.1 Å². The number of rotatable bonds is 6. The molecule has 3 rings (SSSR count). The van der Waals surface area contributed by atoms with Crippen LogP contribution in [0.15, 0.2) is 0 Å². The zero-order valence-electron chi connectivity index (χ0n) is 14.1. The molecule has 0 aromatic rings. The second-order valence-corrected chi connectivity index (χ2v) is 9.19. The summed E-state index contributed by atoms with van der Waals surface area (Å²) >= 11 is 2.11. The zero-order valence-corrected chi connectivity index (χ0v) is 14.9. The van der Waals surface area contributed by atoms with Crippen molar-refractivity contribution in [3.63, 3.8) is 0 Å². The maximum Gasteiger partial charge on any atom is 0.0334 e. The summed E-state index contributed by atoms with van der Waals surface area (Å²) < 4.78 is 0. The van der Waals surface area contributed by atoms with Crippen molar-refractivity contribution in [2.24, 2.45) is 5.92 Å². The Morgan fingerprint density at radius 3 is 2.62 bits per heavy atom. The quantitative estimate of drug-likeness (QED) is 0.749. The zero-order chi connectivity index (χ0) is 14.8. The summed E-state index contributed by atoms with van der Waals surface area (Å²) in [5.74, 6) is 3.57. The van der Waals surface area contributed by atoms with Crippen LogP contribution in [0.4, 0.5) is 0 Å². The van der Waals surface area contributed by atoms with E-state index in [9.17, 15) is 0 Å². The number of thioether (sulfide) groups is 1. The third kappa shape index (κ3) is 3.61. The van der Waals surface area contributed by atoms with Crippen LogP contribution in [-0.4, -0.2) is 47.1 Å². The molecule has 2 nitrogen and oxygen atoms in total. The highest BCUT2D eigenvalue weighted by Crippen LogP contribution is 2.46. The SMILES string of the molecule is CCSCCCN1CC2(CCCCC2)NCC1(C)C1CC1. The Morgan fingerprint density at radius 1 is 1.19 bits per heavy atom. The van der Waals surface area contributed by atoms with Gasteiger partial charge < -0.3 is 5.32 Å². The maximum absolute atomic E-state index is 4.03. The molecule has 0 bridgehead atoms. The lowest BCUT2D eigenvalue weighted by Gasteiger charge is -2.55. The molecular weight excluding hydrogens is 276 g/mol. The molecule has 1 unspecified atom stereocenters. The van der Waals surface area contributed by atoms with Crippen LogP contribution in [-0.2, 0) is 0 Å². The first-order chi connectivity index (χ1) is 10.2. The van der Waals surface area contributed by atoms with E-state index in [2.05, 4.69) is 35.8 Å². The predicted molar refractivity (Wildman–Crippen MR) is 94.1 cm³/mol. The van der Waals surface area contributed by atoms with E-state index in [-0.39, 0.29) is 0 Å². The van der Waals surface area contributed by atoms with E-state index < -0.39 is 0 Å². The van der Waals surface area contributed by atoms with Crippen LogP contribution in [0.25, 0.3) is 0 Å². The Balaban J connectivity index is 1.63. The largest absolute Gasteiger partial charge is 0.308 e. The topological polar surface area (TPSA) is 15.3 Å². The molecule has 0 amide bonds. The lowest BCUT2D eigenvalue weighted by Crippen LogP contribution is -2.70. The van der Waals surface area contributed by atoms with Gasteiger partial charge in [0.25, 0.3) is 0 Å². The van der Waals surface area contributed by atoms with Crippen LogP contribution in [0.2, 0.25) is 0 Å². The number of hydrogen-bond acceptors (Lipinski definition) is 3. The third-order valence-corrected chi connectivity index (χ3v) is 7.21. The van der Waals surface area contributed by atoms with Gasteiger partial charge in [0.2, 0.25) is 0 Å². The minimum Gasteiger partial charge on any atom is -0.308 e. The first kappa shape index (κ1) is 16.1. The fraction of sp³-hybridized carbons (Fsp3) is 1.00. The van der Waals surface area contributed by atoms with Gasteiger partial charge in [-0.15, -0.1) is 0 Å². The molecule has 0 aromatic carbocycles. The smallest absolute Gasteiger partial charge is 0.0334 e. The number of hydrogen-bond donors (Lipinski definition) is 1. The number of piperazine rings is 1. The molecule has 3 fully saturated rings. The molecule has 2 aliphatic carbocycles. The van der Waals surface area contributed by atoms with Gasteiger partial charge in [0.1, 0.15) is 0 Å². The van der Waals surface area contributed by atoms with Crippen molar-refractivity contribution in [3.05, 3.63) is 0 Å². The summed E-state index contributed by atoms with van der Waals surface area (Å²) in [6.07, 6.45) is 11.4. The average molecular weight is 311 g/mol. The molecule has 1 heterocycles. The second-order valence-electron chi connectivity index (χ2n) is 7.80. The van der Waals surface area contributed by atoms with Gasteiger partial charge in [0, 0.05) is 24.2 Å². The fourth-order valence-electron chi connectivity index (χ4n) is 4.59. The molecule has 1 aliphatic heterocycles. The third-order valence-electron chi connectivity index (χ3n) is 6.23. The summed E-state index contributed by atoms with van der Waals surface area (Å²) in [6.45, 7) is 8.69. The highest BCUT2D eigenvalue weighted by atomic mass is 32.2. The maximum atomic E-state index is 4.03. The van der Waals surface area contributed by atoms with E-state index in [1.807, 2.05) is 0 Å². The highest BCUT2D eigenvalue weighted by molar-refractivity contribution is 7.99. The van der Waals surface area contributed by atoms with Crippen LogP contribution >= 0.6 is 11.8 Å². The summed E-state index contributed by atoms with van der Waals surface area (Å²) in [5, 5.41) is 4.03. The number of nitrogens with zero attached hydrogens (tertiary/aromatic N) is 1. The Kier molecular flexibility index (Phi) is 5.23. The van der Waals surface area contributed by atoms with Gasteiger partial charge in [-0.3, -0.25) is 4.90 Å². The molecule has 21 heavy (non-hydrogen) atoms. The summed E-state index contributed by atoms with van der Waals surface area (Å²) in [5.41, 5.74) is 0.907. The van der Waals surface area contributed by atoms with Gasteiger partial charge >= 0.3 is 0 Å². The first-order valence-corrected chi connectivity index (χ1v) is 10.4. The van der Waals surface area contributed by atoms with Crippen LogP contribution in [0, 0.1) is 5.92 Å². The van der Waals surface area contributed by atoms with Crippen molar-refractivity contribution >= 4 is 11.8 Å². The molecule has 3 heteroatoms. The first-order valence-electron chi connectivity index (χ1n) is 9.26. The molecule has 0 aromatic heterocycles. The van der Waals surface area contributed by atoms with Gasteiger partial charge in [-0.1, -0.05) is 26.2 Å². The second kappa shape index (κ2) is 6.80. The van der Waals surface area contributed by atoms with Crippen LogP contribution in [0.5, 0.6) is 0 Å². The molecule has 122 valence electrons. The van der Waals surface area contributed by atoms with Gasteiger partial charge in [-0.2, -0.15) is 11.8 Å². The summed E-state index contributed by atoms with van der Waals surface area (Å²) in [6, 6.07) is 0. The van der Waals surface area contributed by atoms with Crippen molar-refractivity contribution < 1.29 is 0 Å². The van der Waals surface area contributed by atoms with Crippen molar-refractivity contribution in [3.8, 4) is 0 Å². The summed E-state index contributed by atoms with van der Waals surface area (Å²) in [7, 11) is 0. The van der Waals surface area contributed by atoms with Crippen LogP contribution < -0.4 is 5.32 Å². The van der Waals surface area contributed by atoms with E-state index in [1.165, 1.54) is 82.5 Å². The average Bonchev–Trinajstić information content (AvgIpc) is 3.34. The van der Waals surface area contributed by atoms with E-state index in [1.54, 1.807) is 0 Å². The predicted octanol–water partition coefficient (Wildman–Crippen LogP) is 3.91. The molecular formula is C18H34N2S. The van der Waals surface area contributed by atoms with Crippen molar-refractivity contribution in [2.75, 3.05) is 31.1 Å². The highest BCUT2D eigenvalue weighted by Gasteiger charge is 2.51. The number of nitrogens with one attached hydrogen (secondary N) is 1. The lowest BCUT2D eigenvalue weighted by atomic mass is 9.76. The van der Waals surface area contributed by atoms with Crippen LogP contribution in [0.1, 0.15) is 65.2 Å². The Morgan fingerprint density at radius 2 is 1.95 bits per heavy atom. The van der Waals surface area contributed by atoms with Crippen molar-refractivity contribution in [1.82, 2.24) is 10.2 Å².